The normalized spacial score (nSPS) is 26.4. The minimum Gasteiger partial charge on any atom is -0.368 e. The molecule has 1 aromatic rings. The highest BCUT2D eigenvalue weighted by atomic mass is 32.2. The Hall–Kier alpha value is -0.860. The van der Waals surface area contributed by atoms with Gasteiger partial charge in [-0.1, -0.05) is 23.1 Å². The summed E-state index contributed by atoms with van der Waals surface area (Å²) in [6, 6.07) is 0. The molecule has 2 atom stereocenters. The molecule has 1 aliphatic carbocycles. The third-order valence-electron chi connectivity index (χ3n) is 3.70. The maximum absolute atomic E-state index is 11.7. The molecule has 112 valence electrons. The van der Waals surface area contributed by atoms with Gasteiger partial charge in [0, 0.05) is 19.3 Å². The van der Waals surface area contributed by atoms with Gasteiger partial charge < -0.3 is 16.0 Å². The number of primary amides is 1. The fourth-order valence-corrected chi connectivity index (χ4v) is 4.82. The van der Waals surface area contributed by atoms with Crippen LogP contribution in [0.1, 0.15) is 25.7 Å². The SMILES string of the molecule is CNC1(C(N)=O)CCCC(Sc2nnc(N(C)C)s2)C1. The van der Waals surface area contributed by atoms with Crippen LogP contribution in [-0.4, -0.2) is 48.0 Å². The van der Waals surface area contributed by atoms with Crippen LogP contribution < -0.4 is 16.0 Å². The van der Waals surface area contributed by atoms with Crippen LogP contribution in [0.25, 0.3) is 0 Å². The minimum absolute atomic E-state index is 0.253. The molecule has 1 aliphatic rings. The molecule has 0 aliphatic heterocycles. The molecule has 2 unspecified atom stereocenters. The third kappa shape index (κ3) is 3.24. The van der Waals surface area contributed by atoms with E-state index in [0.29, 0.717) is 5.25 Å². The molecule has 1 fully saturated rings. The summed E-state index contributed by atoms with van der Waals surface area (Å²) in [6.07, 6.45) is 3.65. The zero-order valence-corrected chi connectivity index (χ0v) is 13.7. The van der Waals surface area contributed by atoms with Gasteiger partial charge in [-0.15, -0.1) is 10.2 Å². The number of hydrogen-bond donors (Lipinski definition) is 2. The zero-order valence-electron chi connectivity index (χ0n) is 12.0. The van der Waals surface area contributed by atoms with E-state index in [1.54, 1.807) is 23.1 Å². The molecule has 0 spiro atoms. The first-order valence-electron chi connectivity index (χ1n) is 6.63. The van der Waals surface area contributed by atoms with E-state index < -0.39 is 5.54 Å². The number of carbonyl (C=O) groups is 1. The van der Waals surface area contributed by atoms with Gasteiger partial charge in [-0.3, -0.25) is 4.79 Å². The van der Waals surface area contributed by atoms with Gasteiger partial charge in [-0.25, -0.2) is 0 Å². The number of nitrogens with zero attached hydrogens (tertiary/aromatic N) is 3. The van der Waals surface area contributed by atoms with E-state index >= 15 is 0 Å². The van der Waals surface area contributed by atoms with E-state index in [2.05, 4.69) is 15.5 Å². The van der Waals surface area contributed by atoms with Crippen LogP contribution in [0, 0.1) is 0 Å². The van der Waals surface area contributed by atoms with Crippen LogP contribution in [0.2, 0.25) is 0 Å². The predicted molar refractivity (Wildman–Crippen MR) is 83.3 cm³/mol. The van der Waals surface area contributed by atoms with Crippen molar-refractivity contribution >= 4 is 34.1 Å². The molecule has 8 heteroatoms. The highest BCUT2D eigenvalue weighted by molar-refractivity contribution is 8.01. The van der Waals surface area contributed by atoms with Gasteiger partial charge >= 0.3 is 0 Å². The molecule has 1 heterocycles. The van der Waals surface area contributed by atoms with Crippen molar-refractivity contribution in [2.45, 2.75) is 40.8 Å². The van der Waals surface area contributed by atoms with Crippen LogP contribution in [0.5, 0.6) is 0 Å². The summed E-state index contributed by atoms with van der Waals surface area (Å²) in [6.45, 7) is 0. The average Bonchev–Trinajstić information content (AvgIpc) is 2.87. The van der Waals surface area contributed by atoms with Gasteiger partial charge in [0.25, 0.3) is 0 Å². The fourth-order valence-electron chi connectivity index (χ4n) is 2.47. The summed E-state index contributed by atoms with van der Waals surface area (Å²) in [4.78, 5) is 13.7. The van der Waals surface area contributed by atoms with E-state index in [1.807, 2.05) is 26.0 Å². The fraction of sp³-hybridized carbons (Fsp3) is 0.750. The van der Waals surface area contributed by atoms with Crippen molar-refractivity contribution in [3.8, 4) is 0 Å². The maximum Gasteiger partial charge on any atom is 0.237 e. The number of amides is 1. The second kappa shape index (κ2) is 6.28. The summed E-state index contributed by atoms with van der Waals surface area (Å²) < 4.78 is 0.954. The monoisotopic (exact) mass is 315 g/mol. The number of aromatic nitrogens is 2. The van der Waals surface area contributed by atoms with Gasteiger partial charge in [-0.2, -0.15) is 0 Å². The number of rotatable bonds is 5. The van der Waals surface area contributed by atoms with Crippen molar-refractivity contribution in [3.63, 3.8) is 0 Å². The number of carbonyl (C=O) groups excluding carboxylic acids is 1. The summed E-state index contributed by atoms with van der Waals surface area (Å²) >= 11 is 3.29. The van der Waals surface area contributed by atoms with Crippen LogP contribution in [0.4, 0.5) is 5.13 Å². The Morgan fingerprint density at radius 1 is 1.55 bits per heavy atom. The van der Waals surface area contributed by atoms with E-state index in [9.17, 15) is 4.79 Å². The first kappa shape index (κ1) is 15.5. The first-order valence-corrected chi connectivity index (χ1v) is 8.33. The molecule has 0 aromatic carbocycles. The quantitative estimate of drug-likeness (QED) is 0.846. The van der Waals surface area contributed by atoms with E-state index in [-0.39, 0.29) is 5.91 Å². The molecule has 0 radical (unpaired) electrons. The highest BCUT2D eigenvalue weighted by Crippen LogP contribution is 2.39. The van der Waals surface area contributed by atoms with Gasteiger partial charge in [-0.05, 0) is 32.7 Å². The summed E-state index contributed by atoms with van der Waals surface area (Å²) in [5.74, 6) is -0.253. The summed E-state index contributed by atoms with van der Waals surface area (Å²) in [7, 11) is 5.72. The van der Waals surface area contributed by atoms with Crippen molar-refractivity contribution in [2.75, 3.05) is 26.0 Å². The van der Waals surface area contributed by atoms with Gasteiger partial charge in [0.05, 0.1) is 5.54 Å². The summed E-state index contributed by atoms with van der Waals surface area (Å²) in [5.41, 5.74) is 5.00. The van der Waals surface area contributed by atoms with Crippen molar-refractivity contribution in [1.29, 1.82) is 0 Å². The topological polar surface area (TPSA) is 84.1 Å². The van der Waals surface area contributed by atoms with Gasteiger partial charge in [0.15, 0.2) is 4.34 Å². The molecule has 0 bridgehead atoms. The van der Waals surface area contributed by atoms with Crippen LogP contribution >= 0.6 is 23.1 Å². The van der Waals surface area contributed by atoms with Crippen LogP contribution in [-0.2, 0) is 4.79 Å². The Bertz CT molecular complexity index is 478. The molecule has 20 heavy (non-hydrogen) atoms. The zero-order chi connectivity index (χ0) is 14.8. The van der Waals surface area contributed by atoms with Gasteiger partial charge in [0.2, 0.25) is 11.0 Å². The Morgan fingerprint density at radius 3 is 2.85 bits per heavy atom. The lowest BCUT2D eigenvalue weighted by atomic mass is 9.81. The summed E-state index contributed by atoms with van der Waals surface area (Å²) in [5, 5.41) is 12.7. The molecule has 1 aromatic heterocycles. The maximum atomic E-state index is 11.7. The second-order valence-electron chi connectivity index (χ2n) is 5.28. The number of nitrogens with one attached hydrogen (secondary N) is 1. The average molecular weight is 315 g/mol. The largest absolute Gasteiger partial charge is 0.368 e. The number of likely N-dealkylation sites (N-methyl/N-ethyl adjacent to an activating group) is 1. The Kier molecular flexibility index (Phi) is 4.87. The smallest absolute Gasteiger partial charge is 0.237 e. The van der Waals surface area contributed by atoms with Crippen molar-refractivity contribution in [1.82, 2.24) is 15.5 Å². The predicted octanol–water partition coefficient (Wildman–Crippen LogP) is 1.08. The lowest BCUT2D eigenvalue weighted by Crippen LogP contribution is -2.57. The van der Waals surface area contributed by atoms with E-state index in [1.165, 1.54) is 0 Å². The first-order chi connectivity index (χ1) is 9.47. The molecular formula is C12H21N5OS2. The molecule has 2 rings (SSSR count). The molecule has 0 saturated heterocycles. The standard InChI is InChI=1S/C12H21N5OS2/c1-14-12(9(13)18)6-4-5-8(7-12)19-11-16-15-10(20-11)17(2)3/h8,14H,4-7H2,1-3H3,(H2,13,18). The molecular weight excluding hydrogens is 294 g/mol. The second-order valence-corrected chi connectivity index (χ2v) is 7.78. The van der Waals surface area contributed by atoms with Crippen LogP contribution in [0.15, 0.2) is 4.34 Å². The third-order valence-corrected chi connectivity index (χ3v) is 6.15. The minimum atomic E-state index is -0.565. The number of nitrogens with two attached hydrogens (primary N) is 1. The molecule has 6 nitrogen and oxygen atoms in total. The Morgan fingerprint density at radius 2 is 2.30 bits per heavy atom. The van der Waals surface area contributed by atoms with E-state index in [4.69, 9.17) is 5.73 Å². The number of hydrogen-bond acceptors (Lipinski definition) is 7. The van der Waals surface area contributed by atoms with Crippen molar-refractivity contribution in [2.24, 2.45) is 5.73 Å². The van der Waals surface area contributed by atoms with Crippen molar-refractivity contribution < 1.29 is 4.79 Å². The molecule has 1 amide bonds. The van der Waals surface area contributed by atoms with E-state index in [0.717, 1.165) is 35.2 Å². The van der Waals surface area contributed by atoms with Gasteiger partial charge in [0.1, 0.15) is 0 Å². The van der Waals surface area contributed by atoms with Crippen molar-refractivity contribution in [3.05, 3.63) is 0 Å². The Labute approximate surface area is 127 Å². The molecule has 3 N–H and O–H groups in total. The number of thioether (sulfide) groups is 1. The lowest BCUT2D eigenvalue weighted by molar-refractivity contribution is -0.125. The molecule has 1 saturated carbocycles. The highest BCUT2D eigenvalue weighted by Gasteiger charge is 2.40. The lowest BCUT2D eigenvalue weighted by Gasteiger charge is -2.37. The van der Waals surface area contributed by atoms with Crippen LogP contribution in [0.3, 0.4) is 0 Å². The number of anilines is 1. The Balaban J connectivity index is 2.03.